The van der Waals surface area contributed by atoms with Crippen molar-refractivity contribution in [2.45, 2.75) is 92.5 Å². The van der Waals surface area contributed by atoms with Crippen LogP contribution >= 0.6 is 24.0 Å². The van der Waals surface area contributed by atoms with Crippen molar-refractivity contribution in [3.63, 3.8) is 0 Å². The van der Waals surface area contributed by atoms with Gasteiger partial charge in [-0.05, 0) is 57.1 Å². The highest BCUT2D eigenvalue weighted by Crippen LogP contribution is 2.37. The first-order valence-corrected chi connectivity index (χ1v) is 16.3. The first kappa shape index (κ1) is 32.9. The number of aromatic nitrogens is 1. The molecule has 3 rings (SSSR count). The van der Waals surface area contributed by atoms with Gasteiger partial charge < -0.3 is 9.64 Å². The summed E-state index contributed by atoms with van der Waals surface area (Å²) in [6.45, 7) is 12.4. The van der Waals surface area contributed by atoms with E-state index in [2.05, 4.69) is 31.7 Å². The van der Waals surface area contributed by atoms with Crippen LogP contribution in [0, 0.1) is 30.1 Å². The minimum absolute atomic E-state index is 0.0798. The molecule has 2 fully saturated rings. The molecular formula is C31H44N4O4S2. The summed E-state index contributed by atoms with van der Waals surface area (Å²) in [5, 5.41) is 9.98. The van der Waals surface area contributed by atoms with Gasteiger partial charge in [0.05, 0.1) is 17.4 Å². The smallest absolute Gasteiger partial charge is 0.310 e. The van der Waals surface area contributed by atoms with E-state index in [1.807, 2.05) is 6.08 Å². The number of unbranched alkanes of at least 4 members (excludes halogenated alkanes) is 2. The second-order valence-electron chi connectivity index (χ2n) is 10.9. The van der Waals surface area contributed by atoms with Crippen molar-refractivity contribution in [3.05, 3.63) is 31.9 Å². The Hall–Kier alpha value is -2.64. The number of rotatable bonds is 13. The number of pyridine rings is 1. The fourth-order valence-corrected chi connectivity index (χ4v) is 6.85. The number of hydrogen-bond acceptors (Lipinski definition) is 8. The standard InChI is InChI=1S/C31H44N4O4S2/c1-6-10-13-22(8-3)19-35-29(37)26(41-31(35)40)17-24-21(5)25(18-32)28(36)34(16-11-7-2)27(24)33-15-12-14-23(20-33)30(38)39-9-4/h17,22-23H,6-16,19-20H2,1-5H3/b26-17+. The Bertz CT molecular complexity index is 1270. The zero-order valence-electron chi connectivity index (χ0n) is 25.2. The van der Waals surface area contributed by atoms with E-state index in [4.69, 9.17) is 17.0 Å². The Morgan fingerprint density at radius 1 is 1.22 bits per heavy atom. The van der Waals surface area contributed by atoms with Crippen molar-refractivity contribution in [3.8, 4) is 6.07 Å². The third-order valence-corrected chi connectivity index (χ3v) is 9.43. The molecule has 3 heterocycles. The van der Waals surface area contributed by atoms with Crippen molar-refractivity contribution in [1.29, 1.82) is 5.26 Å². The summed E-state index contributed by atoms with van der Waals surface area (Å²) in [5.41, 5.74) is 0.952. The number of hydrogen-bond donors (Lipinski definition) is 0. The quantitative estimate of drug-likeness (QED) is 0.154. The highest BCUT2D eigenvalue weighted by Gasteiger charge is 2.35. The van der Waals surface area contributed by atoms with E-state index >= 15 is 0 Å². The maximum atomic E-state index is 13.7. The zero-order chi connectivity index (χ0) is 30.1. The molecule has 2 aliphatic heterocycles. The molecule has 1 amide bonds. The van der Waals surface area contributed by atoms with Gasteiger partial charge in [0.1, 0.15) is 21.8 Å². The number of carbonyl (C=O) groups is 2. The van der Waals surface area contributed by atoms with Gasteiger partial charge in [0.15, 0.2) is 0 Å². The first-order chi connectivity index (χ1) is 19.7. The number of esters is 1. The van der Waals surface area contributed by atoms with Crippen molar-refractivity contribution in [2.24, 2.45) is 11.8 Å². The van der Waals surface area contributed by atoms with Crippen LogP contribution in [0.15, 0.2) is 9.70 Å². The Balaban J connectivity index is 2.12. The molecule has 2 aliphatic rings. The highest BCUT2D eigenvalue weighted by atomic mass is 32.2. The maximum absolute atomic E-state index is 13.7. The normalized spacial score (nSPS) is 19.1. The summed E-state index contributed by atoms with van der Waals surface area (Å²) >= 11 is 6.94. The molecule has 2 saturated heterocycles. The molecule has 0 spiro atoms. The van der Waals surface area contributed by atoms with Gasteiger partial charge in [0.25, 0.3) is 11.5 Å². The first-order valence-electron chi connectivity index (χ1n) is 15.1. The molecule has 0 saturated carbocycles. The number of amides is 1. The van der Waals surface area contributed by atoms with Gasteiger partial charge in [0, 0.05) is 31.7 Å². The molecule has 0 N–H and O–H groups in total. The average Bonchev–Trinajstić information content (AvgIpc) is 3.23. The van der Waals surface area contributed by atoms with E-state index in [0.29, 0.717) is 71.3 Å². The molecule has 2 unspecified atom stereocenters. The topological polar surface area (TPSA) is 95.6 Å². The minimum atomic E-state index is -0.335. The van der Waals surface area contributed by atoms with Crippen LogP contribution in [0.1, 0.15) is 95.8 Å². The summed E-state index contributed by atoms with van der Waals surface area (Å²) in [6, 6.07) is 2.12. The lowest BCUT2D eigenvalue weighted by Crippen LogP contribution is -2.43. The molecule has 41 heavy (non-hydrogen) atoms. The lowest BCUT2D eigenvalue weighted by Gasteiger charge is -2.36. The molecule has 1 aromatic heterocycles. The van der Waals surface area contributed by atoms with E-state index < -0.39 is 0 Å². The molecular weight excluding hydrogens is 556 g/mol. The van der Waals surface area contributed by atoms with Gasteiger partial charge in [-0.15, -0.1) is 0 Å². The van der Waals surface area contributed by atoms with Gasteiger partial charge in [-0.1, -0.05) is 70.4 Å². The number of thioether (sulfide) groups is 1. The van der Waals surface area contributed by atoms with Gasteiger partial charge >= 0.3 is 5.97 Å². The lowest BCUT2D eigenvalue weighted by atomic mass is 9.96. The summed E-state index contributed by atoms with van der Waals surface area (Å²) in [4.78, 5) is 44.2. The van der Waals surface area contributed by atoms with E-state index in [0.717, 1.165) is 44.9 Å². The van der Waals surface area contributed by atoms with E-state index in [-0.39, 0.29) is 28.9 Å². The summed E-state index contributed by atoms with van der Waals surface area (Å²) < 4.78 is 7.54. The predicted molar refractivity (Wildman–Crippen MR) is 170 cm³/mol. The van der Waals surface area contributed by atoms with Gasteiger partial charge in [-0.3, -0.25) is 23.9 Å². The number of carbonyl (C=O) groups excluding carboxylic acids is 2. The number of piperidine rings is 1. The SMILES string of the molecule is CCCCC(CC)CN1C(=O)/C(=C\c2c(C)c(C#N)c(=O)n(CCCC)c2N2CCCC(C(=O)OCC)C2)SC1=S. The molecule has 8 nitrogen and oxygen atoms in total. The molecule has 2 atom stereocenters. The number of anilines is 1. The monoisotopic (exact) mass is 600 g/mol. The van der Waals surface area contributed by atoms with Gasteiger partial charge in [-0.2, -0.15) is 5.26 Å². The maximum Gasteiger partial charge on any atom is 0.310 e. The molecule has 0 aromatic carbocycles. The predicted octanol–water partition coefficient (Wildman–Crippen LogP) is 6.03. The van der Waals surface area contributed by atoms with Crippen molar-refractivity contribution >= 4 is 52.1 Å². The van der Waals surface area contributed by atoms with Crippen LogP contribution in [0.4, 0.5) is 5.82 Å². The number of nitrogens with zero attached hydrogens (tertiary/aromatic N) is 4. The van der Waals surface area contributed by atoms with E-state index in [1.165, 1.54) is 11.8 Å². The average molecular weight is 601 g/mol. The molecule has 0 radical (unpaired) electrons. The van der Waals surface area contributed by atoms with Gasteiger partial charge in [-0.25, -0.2) is 0 Å². The summed E-state index contributed by atoms with van der Waals surface area (Å²) in [6.07, 6.45) is 9.18. The van der Waals surface area contributed by atoms with Crippen molar-refractivity contribution in [2.75, 3.05) is 31.1 Å². The number of thiocarbonyl (C=S) groups is 1. The van der Waals surface area contributed by atoms with E-state index in [9.17, 15) is 19.6 Å². The second-order valence-corrected chi connectivity index (χ2v) is 12.6. The Morgan fingerprint density at radius 2 is 1.95 bits per heavy atom. The van der Waals surface area contributed by atoms with Crippen LogP contribution in [0.25, 0.3) is 6.08 Å². The Kier molecular flexibility index (Phi) is 12.5. The summed E-state index contributed by atoms with van der Waals surface area (Å²) in [5.74, 6) is 0.362. The third-order valence-electron chi connectivity index (χ3n) is 8.06. The largest absolute Gasteiger partial charge is 0.466 e. The second kappa shape index (κ2) is 15.5. The third kappa shape index (κ3) is 7.61. The zero-order valence-corrected chi connectivity index (χ0v) is 26.8. The Morgan fingerprint density at radius 3 is 2.59 bits per heavy atom. The molecule has 10 heteroatoms. The molecule has 0 aliphatic carbocycles. The van der Waals surface area contributed by atoms with Crippen LogP contribution in [0.5, 0.6) is 0 Å². The van der Waals surface area contributed by atoms with Gasteiger partial charge in [0.2, 0.25) is 0 Å². The molecule has 0 bridgehead atoms. The van der Waals surface area contributed by atoms with Crippen LogP contribution in [-0.2, 0) is 20.9 Å². The van der Waals surface area contributed by atoms with Crippen LogP contribution < -0.4 is 10.5 Å². The van der Waals surface area contributed by atoms with Crippen molar-refractivity contribution in [1.82, 2.24) is 9.47 Å². The highest BCUT2D eigenvalue weighted by molar-refractivity contribution is 8.26. The van der Waals surface area contributed by atoms with Crippen molar-refractivity contribution < 1.29 is 14.3 Å². The van der Waals surface area contributed by atoms with Crippen LogP contribution in [0.2, 0.25) is 0 Å². The Labute approximate surface area is 254 Å². The lowest BCUT2D eigenvalue weighted by molar-refractivity contribution is -0.148. The van der Waals surface area contributed by atoms with Crippen LogP contribution in [-0.4, -0.2) is 51.9 Å². The fourth-order valence-electron chi connectivity index (χ4n) is 5.59. The number of nitriles is 1. The minimum Gasteiger partial charge on any atom is -0.466 e. The molecule has 224 valence electrons. The molecule has 1 aromatic rings. The fraction of sp³-hybridized carbons (Fsp3) is 0.645. The van der Waals surface area contributed by atoms with E-state index in [1.54, 1.807) is 23.3 Å². The summed E-state index contributed by atoms with van der Waals surface area (Å²) in [7, 11) is 0. The number of ether oxygens (including phenoxy) is 1. The van der Waals surface area contributed by atoms with Crippen LogP contribution in [0.3, 0.4) is 0 Å².